The number of sulfone groups is 1. The van der Waals surface area contributed by atoms with E-state index in [-0.39, 0.29) is 41.2 Å². The van der Waals surface area contributed by atoms with E-state index < -0.39 is 27.4 Å². The molecule has 8 nitrogen and oxygen atoms in total. The summed E-state index contributed by atoms with van der Waals surface area (Å²) in [6.07, 6.45) is 1.57. The lowest BCUT2D eigenvalue weighted by Gasteiger charge is -2.31. The third-order valence-electron chi connectivity index (χ3n) is 9.10. The van der Waals surface area contributed by atoms with Crippen LogP contribution in [0.5, 0.6) is 5.75 Å². The number of para-hydroxylation sites is 2. The molecular weight excluding hydrogens is 593 g/mol. The number of ether oxygens (including phenoxy) is 1. The molecule has 3 aromatic rings. The number of anilines is 1. The summed E-state index contributed by atoms with van der Waals surface area (Å²) in [4.78, 5) is 15.6. The van der Waals surface area contributed by atoms with E-state index in [0.717, 1.165) is 36.9 Å². The second-order valence-electron chi connectivity index (χ2n) is 12.1. The number of nitriles is 1. The molecule has 2 aliphatic carbocycles. The summed E-state index contributed by atoms with van der Waals surface area (Å²) < 4.78 is 69.3. The zero-order valence-electron chi connectivity index (χ0n) is 24.1. The fourth-order valence-corrected chi connectivity index (χ4v) is 7.68. The van der Waals surface area contributed by atoms with Crippen molar-refractivity contribution in [1.29, 1.82) is 5.26 Å². The zero-order valence-corrected chi connectivity index (χ0v) is 24.9. The molecule has 6 rings (SSSR count). The van der Waals surface area contributed by atoms with Crippen LogP contribution >= 0.6 is 0 Å². The van der Waals surface area contributed by atoms with E-state index in [4.69, 9.17) is 5.10 Å². The number of halogens is 3. The molecule has 0 spiro atoms. The highest BCUT2D eigenvalue weighted by Gasteiger charge is 2.47. The topological polar surface area (TPSA) is 105 Å². The molecular formula is C32H33F3N4O4S. The van der Waals surface area contributed by atoms with Gasteiger partial charge in [0.25, 0.3) is 0 Å². The van der Waals surface area contributed by atoms with Gasteiger partial charge in [-0.15, -0.1) is 13.2 Å². The lowest BCUT2D eigenvalue weighted by atomic mass is 9.72. The predicted octanol–water partition coefficient (Wildman–Crippen LogP) is 6.21. The van der Waals surface area contributed by atoms with Crippen molar-refractivity contribution < 1.29 is 31.1 Å². The molecule has 44 heavy (non-hydrogen) atoms. The molecule has 1 aromatic heterocycles. The van der Waals surface area contributed by atoms with Crippen LogP contribution in [0.1, 0.15) is 56.6 Å². The number of carbonyl (C=O) groups is 1. The molecule has 1 saturated heterocycles. The molecule has 3 fully saturated rings. The molecule has 0 N–H and O–H groups in total. The number of aromatic nitrogens is 2. The van der Waals surface area contributed by atoms with E-state index in [1.807, 2.05) is 29.2 Å². The number of nitrogens with zero attached hydrogens (tertiary/aromatic N) is 4. The van der Waals surface area contributed by atoms with Gasteiger partial charge in [0.15, 0.2) is 15.6 Å². The number of Topliss-reactive ketones (excluding diaryl/α,β-unsaturated/α-hetero) is 1. The number of benzene rings is 2. The molecule has 2 aromatic carbocycles. The van der Waals surface area contributed by atoms with Gasteiger partial charge in [0.2, 0.25) is 0 Å². The SMILES string of the molecule is N#CC1(CC(=O)[C@@H]2CCCC[C@H]2c2nn(-c3ccccc3OC(F)(F)F)cc2-c2ccc(N3CCS(=O)(=O)CC3)cc2)CC1. The standard InChI is InChI=1S/C32H33F3N4O4S/c33-32(34,35)43-29-8-4-3-7-27(29)39-20-26(22-9-11-23(12-10-22)38-15-17-44(41,42)18-16-38)30(37-39)25-6-2-1-5-24(25)28(40)19-31(21-36)13-14-31/h3-4,7-12,20,24-25H,1-2,5-6,13-19H2/t24-,25-/m1/s1. The first-order valence-electron chi connectivity index (χ1n) is 14.9. The van der Waals surface area contributed by atoms with Crippen molar-refractivity contribution in [2.75, 3.05) is 29.5 Å². The van der Waals surface area contributed by atoms with Crippen LogP contribution in [0.4, 0.5) is 18.9 Å². The minimum Gasteiger partial charge on any atom is -0.403 e. The molecule has 1 aliphatic heterocycles. The average Bonchev–Trinajstić information content (AvgIpc) is 3.63. The lowest BCUT2D eigenvalue weighted by molar-refractivity contribution is -0.274. The van der Waals surface area contributed by atoms with Gasteiger partial charge in [-0.2, -0.15) is 10.4 Å². The van der Waals surface area contributed by atoms with Gasteiger partial charge in [0, 0.05) is 48.8 Å². The van der Waals surface area contributed by atoms with Crippen LogP contribution in [0, 0.1) is 22.7 Å². The van der Waals surface area contributed by atoms with Crippen molar-refractivity contribution in [2.45, 2.75) is 57.2 Å². The third-order valence-corrected chi connectivity index (χ3v) is 10.7. The van der Waals surface area contributed by atoms with Gasteiger partial charge in [0.05, 0.1) is 28.7 Å². The molecule has 12 heteroatoms. The van der Waals surface area contributed by atoms with E-state index in [9.17, 15) is 31.6 Å². The summed E-state index contributed by atoms with van der Waals surface area (Å²) in [5, 5.41) is 14.5. The molecule has 2 heterocycles. The summed E-state index contributed by atoms with van der Waals surface area (Å²) in [6.45, 7) is 0.799. The van der Waals surface area contributed by atoms with E-state index in [0.29, 0.717) is 37.2 Å². The van der Waals surface area contributed by atoms with E-state index in [2.05, 4.69) is 10.8 Å². The first-order valence-corrected chi connectivity index (χ1v) is 16.7. The largest absolute Gasteiger partial charge is 0.573 e. The molecule has 0 amide bonds. The van der Waals surface area contributed by atoms with Gasteiger partial charge in [-0.3, -0.25) is 4.79 Å². The Bertz CT molecular complexity index is 1680. The highest BCUT2D eigenvalue weighted by atomic mass is 32.2. The Hall–Kier alpha value is -3.85. The van der Waals surface area contributed by atoms with Crippen LogP contribution < -0.4 is 9.64 Å². The van der Waals surface area contributed by atoms with Gasteiger partial charge in [0.1, 0.15) is 11.5 Å². The van der Waals surface area contributed by atoms with Gasteiger partial charge < -0.3 is 9.64 Å². The highest BCUT2D eigenvalue weighted by Crippen LogP contribution is 2.51. The summed E-state index contributed by atoms with van der Waals surface area (Å²) in [6, 6.07) is 15.7. The van der Waals surface area contributed by atoms with Gasteiger partial charge in [-0.1, -0.05) is 37.1 Å². The van der Waals surface area contributed by atoms with Crippen molar-refractivity contribution in [3.05, 3.63) is 60.4 Å². The van der Waals surface area contributed by atoms with E-state index in [1.54, 1.807) is 12.3 Å². The van der Waals surface area contributed by atoms with Gasteiger partial charge in [-0.05, 0) is 55.5 Å². The van der Waals surface area contributed by atoms with Crippen LogP contribution in [0.3, 0.4) is 0 Å². The zero-order chi connectivity index (χ0) is 31.1. The second-order valence-corrected chi connectivity index (χ2v) is 14.4. The Morgan fingerprint density at radius 2 is 1.73 bits per heavy atom. The Morgan fingerprint density at radius 1 is 1.05 bits per heavy atom. The highest BCUT2D eigenvalue weighted by molar-refractivity contribution is 7.91. The molecule has 232 valence electrons. The molecule has 2 atom stereocenters. The Labute approximate surface area is 254 Å². The molecule has 3 aliphatic rings. The fraction of sp³-hybridized carbons (Fsp3) is 0.469. The maximum atomic E-state index is 13.6. The van der Waals surface area contributed by atoms with E-state index in [1.165, 1.54) is 22.9 Å². The normalized spacial score (nSPS) is 22.6. The first-order chi connectivity index (χ1) is 21.0. The maximum Gasteiger partial charge on any atom is 0.573 e. The Morgan fingerprint density at radius 3 is 2.39 bits per heavy atom. The van der Waals surface area contributed by atoms with Crippen molar-refractivity contribution in [3.8, 4) is 28.6 Å². The third kappa shape index (κ3) is 6.48. The van der Waals surface area contributed by atoms with Crippen molar-refractivity contribution in [1.82, 2.24) is 9.78 Å². The first kappa shape index (κ1) is 30.2. The summed E-state index contributed by atoms with van der Waals surface area (Å²) in [5.74, 6) is -0.759. The number of rotatable bonds is 8. The smallest absolute Gasteiger partial charge is 0.403 e. The quantitative estimate of drug-likeness (QED) is 0.293. The average molecular weight is 627 g/mol. The second kappa shape index (κ2) is 11.6. The van der Waals surface area contributed by atoms with Gasteiger partial charge >= 0.3 is 6.36 Å². The molecule has 0 unspecified atom stereocenters. The number of ketones is 1. The molecule has 2 saturated carbocycles. The minimum absolute atomic E-state index is 0.0467. The maximum absolute atomic E-state index is 13.6. The predicted molar refractivity (Wildman–Crippen MR) is 158 cm³/mol. The number of carbonyl (C=O) groups excluding carboxylic acids is 1. The van der Waals surface area contributed by atoms with E-state index >= 15 is 0 Å². The number of alkyl halides is 3. The van der Waals surface area contributed by atoms with Crippen LogP contribution in [0.25, 0.3) is 16.8 Å². The van der Waals surface area contributed by atoms with Crippen LogP contribution in [-0.2, 0) is 14.6 Å². The van der Waals surface area contributed by atoms with Crippen molar-refractivity contribution in [3.63, 3.8) is 0 Å². The van der Waals surface area contributed by atoms with Crippen LogP contribution in [0.15, 0.2) is 54.7 Å². The fourth-order valence-electron chi connectivity index (χ4n) is 6.47. The van der Waals surface area contributed by atoms with Gasteiger partial charge in [-0.25, -0.2) is 13.1 Å². The molecule has 0 bridgehead atoms. The van der Waals surface area contributed by atoms with Crippen molar-refractivity contribution in [2.24, 2.45) is 11.3 Å². The summed E-state index contributed by atoms with van der Waals surface area (Å²) in [5.41, 5.74) is 2.52. The summed E-state index contributed by atoms with van der Waals surface area (Å²) in [7, 11) is -3.03. The number of hydrogen-bond acceptors (Lipinski definition) is 7. The monoisotopic (exact) mass is 626 g/mol. The Balaban J connectivity index is 1.39. The number of hydrogen-bond donors (Lipinski definition) is 0. The Kier molecular flexibility index (Phi) is 7.94. The van der Waals surface area contributed by atoms with Crippen molar-refractivity contribution >= 4 is 21.3 Å². The molecule has 0 radical (unpaired) electrons. The van der Waals surface area contributed by atoms with Crippen LogP contribution in [0.2, 0.25) is 0 Å². The van der Waals surface area contributed by atoms with Crippen LogP contribution in [-0.4, -0.2) is 54.9 Å². The lowest BCUT2D eigenvalue weighted by Crippen LogP contribution is -2.40. The summed E-state index contributed by atoms with van der Waals surface area (Å²) >= 11 is 0. The minimum atomic E-state index is -4.89.